The third kappa shape index (κ3) is 4.71. The summed E-state index contributed by atoms with van der Waals surface area (Å²) in [4.78, 5) is 27.6. The molecule has 1 amide bonds. The zero-order valence-corrected chi connectivity index (χ0v) is 14.8. The van der Waals surface area contributed by atoms with Crippen molar-refractivity contribution in [3.05, 3.63) is 35.4 Å². The molecule has 2 aliphatic rings. The number of carboxylic acids is 1. The first-order valence-corrected chi connectivity index (χ1v) is 8.33. The molecule has 1 saturated heterocycles. The molecule has 1 aliphatic carbocycles. The minimum atomic E-state index is -0.751. The van der Waals surface area contributed by atoms with Crippen LogP contribution in [0.3, 0.4) is 0 Å². The van der Waals surface area contributed by atoms with Crippen LogP contribution in [-0.4, -0.2) is 52.5 Å². The van der Waals surface area contributed by atoms with E-state index in [1.165, 1.54) is 5.56 Å². The third-order valence-electron chi connectivity index (χ3n) is 4.76. The second-order valence-electron chi connectivity index (χ2n) is 6.80. The lowest BCUT2D eigenvalue weighted by Gasteiger charge is -2.25. The molecule has 1 aromatic carbocycles. The number of hydrogen-bond donors (Lipinski definition) is 1. The number of likely N-dealkylation sites (tertiary alicyclic amines) is 1. The first-order valence-electron chi connectivity index (χ1n) is 8.33. The van der Waals surface area contributed by atoms with Gasteiger partial charge in [-0.05, 0) is 38.3 Å². The average Bonchev–Trinajstić information content (AvgIpc) is 3.25. The summed E-state index contributed by atoms with van der Waals surface area (Å²) in [6.07, 6.45) is 2.80. The first kappa shape index (κ1) is 18.7. The van der Waals surface area contributed by atoms with Crippen molar-refractivity contribution in [2.45, 2.75) is 38.8 Å². The fraction of sp³-hybridized carbons (Fsp3) is 0.556. The van der Waals surface area contributed by atoms with Crippen LogP contribution < -0.4 is 0 Å². The van der Waals surface area contributed by atoms with Gasteiger partial charge in [0.2, 0.25) is 5.91 Å². The molecule has 0 bridgehead atoms. The number of carbonyl (C=O) groups excluding carboxylic acids is 1. The highest BCUT2D eigenvalue weighted by Crippen LogP contribution is 2.29. The van der Waals surface area contributed by atoms with E-state index in [0.717, 1.165) is 18.4 Å². The lowest BCUT2D eigenvalue weighted by molar-refractivity contribution is -0.141. The molecule has 1 heterocycles. The van der Waals surface area contributed by atoms with E-state index in [-0.39, 0.29) is 24.2 Å². The summed E-state index contributed by atoms with van der Waals surface area (Å²) in [5, 5.41) is 9.07. The maximum absolute atomic E-state index is 12.7. The Bertz CT molecular complexity index is 586. The topological polar surface area (TPSA) is 60.9 Å². The van der Waals surface area contributed by atoms with Crippen LogP contribution in [0, 0.1) is 12.8 Å². The Morgan fingerprint density at radius 1 is 1.21 bits per heavy atom. The number of amides is 1. The van der Waals surface area contributed by atoms with Crippen molar-refractivity contribution in [3.8, 4) is 0 Å². The van der Waals surface area contributed by atoms with Crippen LogP contribution in [0.1, 0.15) is 30.4 Å². The van der Waals surface area contributed by atoms with E-state index in [1.54, 1.807) is 0 Å². The van der Waals surface area contributed by atoms with Crippen LogP contribution in [0.2, 0.25) is 0 Å². The molecule has 1 aromatic rings. The van der Waals surface area contributed by atoms with E-state index in [0.29, 0.717) is 38.6 Å². The van der Waals surface area contributed by atoms with Gasteiger partial charge in [0.1, 0.15) is 0 Å². The molecule has 1 saturated carbocycles. The number of hydrogen-bond acceptors (Lipinski definition) is 3. The Morgan fingerprint density at radius 2 is 1.88 bits per heavy atom. The Morgan fingerprint density at radius 3 is 2.42 bits per heavy atom. The number of carbonyl (C=O) groups is 2. The molecular formula is C18H25ClN2O3. The minimum Gasteiger partial charge on any atom is -0.481 e. The van der Waals surface area contributed by atoms with Gasteiger partial charge in [-0.15, -0.1) is 12.4 Å². The van der Waals surface area contributed by atoms with Crippen LogP contribution in [0.15, 0.2) is 24.3 Å². The lowest BCUT2D eigenvalue weighted by Crippen LogP contribution is -2.40. The summed E-state index contributed by atoms with van der Waals surface area (Å²) in [6.45, 7) is 4.24. The number of rotatable bonds is 6. The molecule has 0 spiro atoms. The van der Waals surface area contributed by atoms with Crippen LogP contribution >= 0.6 is 12.4 Å². The summed E-state index contributed by atoms with van der Waals surface area (Å²) in [5.41, 5.74) is 2.37. The van der Waals surface area contributed by atoms with Crippen molar-refractivity contribution in [2.24, 2.45) is 5.92 Å². The van der Waals surface area contributed by atoms with Crippen LogP contribution in [-0.2, 0) is 16.1 Å². The number of carboxylic acid groups (broad SMARTS) is 1. The fourth-order valence-electron chi connectivity index (χ4n) is 3.16. The molecule has 1 unspecified atom stereocenters. The third-order valence-corrected chi connectivity index (χ3v) is 4.76. The number of aliphatic carboxylic acids is 1. The predicted octanol–water partition coefficient (Wildman–Crippen LogP) is 2.31. The standard InChI is InChI=1S/C18H24N2O3.ClH/c1-13-2-4-14(5-3-13)10-20(16-6-7-16)17(21)12-19-9-8-15(11-19)18(22)23;/h2-5,15-16H,6-12H2,1H3,(H,22,23);1H. The summed E-state index contributed by atoms with van der Waals surface area (Å²) in [6, 6.07) is 8.66. The summed E-state index contributed by atoms with van der Waals surface area (Å²) < 4.78 is 0. The smallest absolute Gasteiger partial charge is 0.307 e. The van der Waals surface area contributed by atoms with E-state index in [9.17, 15) is 9.59 Å². The molecule has 132 valence electrons. The normalized spacial score (nSPS) is 20.5. The fourth-order valence-corrected chi connectivity index (χ4v) is 3.16. The van der Waals surface area contributed by atoms with Crippen molar-refractivity contribution >= 4 is 24.3 Å². The van der Waals surface area contributed by atoms with Gasteiger partial charge in [-0.25, -0.2) is 0 Å². The monoisotopic (exact) mass is 352 g/mol. The second kappa shape index (κ2) is 7.99. The predicted molar refractivity (Wildman–Crippen MR) is 94.2 cm³/mol. The van der Waals surface area contributed by atoms with E-state index >= 15 is 0 Å². The lowest BCUT2D eigenvalue weighted by atomic mass is 10.1. The number of halogens is 1. The van der Waals surface area contributed by atoms with Crippen molar-refractivity contribution in [2.75, 3.05) is 19.6 Å². The molecule has 1 aliphatic heterocycles. The Hall–Kier alpha value is -1.59. The highest BCUT2D eigenvalue weighted by atomic mass is 35.5. The molecule has 24 heavy (non-hydrogen) atoms. The molecule has 6 heteroatoms. The largest absolute Gasteiger partial charge is 0.481 e. The maximum Gasteiger partial charge on any atom is 0.307 e. The van der Waals surface area contributed by atoms with Gasteiger partial charge in [-0.2, -0.15) is 0 Å². The molecule has 0 radical (unpaired) electrons. The van der Waals surface area contributed by atoms with Crippen LogP contribution in [0.25, 0.3) is 0 Å². The van der Waals surface area contributed by atoms with Gasteiger partial charge in [-0.1, -0.05) is 29.8 Å². The Balaban J connectivity index is 0.00000208. The van der Waals surface area contributed by atoms with Gasteiger partial charge in [0.15, 0.2) is 0 Å². The van der Waals surface area contributed by atoms with Crippen LogP contribution in [0.5, 0.6) is 0 Å². The van der Waals surface area contributed by atoms with Gasteiger partial charge in [-0.3, -0.25) is 14.5 Å². The van der Waals surface area contributed by atoms with E-state index < -0.39 is 5.97 Å². The van der Waals surface area contributed by atoms with E-state index in [1.807, 2.05) is 9.80 Å². The first-order chi connectivity index (χ1) is 11.0. The number of nitrogens with zero attached hydrogens (tertiary/aromatic N) is 2. The molecule has 0 aromatic heterocycles. The highest BCUT2D eigenvalue weighted by molar-refractivity contribution is 5.85. The summed E-state index contributed by atoms with van der Waals surface area (Å²) in [5.74, 6) is -0.952. The minimum absolute atomic E-state index is 0. The van der Waals surface area contributed by atoms with Gasteiger partial charge in [0, 0.05) is 19.1 Å². The van der Waals surface area contributed by atoms with Gasteiger partial charge in [0.05, 0.1) is 12.5 Å². The quantitative estimate of drug-likeness (QED) is 0.853. The second-order valence-corrected chi connectivity index (χ2v) is 6.80. The molecule has 1 atom stereocenters. The van der Waals surface area contributed by atoms with Crippen molar-refractivity contribution in [1.82, 2.24) is 9.80 Å². The SMILES string of the molecule is Cc1ccc(CN(C(=O)CN2CCC(C(=O)O)C2)C2CC2)cc1.Cl. The van der Waals surface area contributed by atoms with E-state index in [2.05, 4.69) is 31.2 Å². The highest BCUT2D eigenvalue weighted by Gasteiger charge is 2.35. The number of benzene rings is 1. The summed E-state index contributed by atoms with van der Waals surface area (Å²) >= 11 is 0. The van der Waals surface area contributed by atoms with Gasteiger partial charge >= 0.3 is 5.97 Å². The molecule has 1 N–H and O–H groups in total. The molecule has 5 nitrogen and oxygen atoms in total. The molecule has 3 rings (SSSR count). The van der Waals surface area contributed by atoms with E-state index in [4.69, 9.17) is 5.11 Å². The molecular weight excluding hydrogens is 328 g/mol. The average molecular weight is 353 g/mol. The number of aryl methyl sites for hydroxylation is 1. The van der Waals surface area contributed by atoms with Gasteiger partial charge < -0.3 is 10.0 Å². The van der Waals surface area contributed by atoms with Crippen molar-refractivity contribution in [3.63, 3.8) is 0 Å². The van der Waals surface area contributed by atoms with Crippen LogP contribution in [0.4, 0.5) is 0 Å². The maximum atomic E-state index is 12.7. The summed E-state index contributed by atoms with van der Waals surface area (Å²) in [7, 11) is 0. The molecule has 2 fully saturated rings. The Kier molecular flexibility index (Phi) is 6.24. The zero-order chi connectivity index (χ0) is 16.4. The zero-order valence-electron chi connectivity index (χ0n) is 14.0. The van der Waals surface area contributed by atoms with Crippen molar-refractivity contribution in [1.29, 1.82) is 0 Å². The Labute approximate surface area is 149 Å². The van der Waals surface area contributed by atoms with Crippen molar-refractivity contribution < 1.29 is 14.7 Å². The van der Waals surface area contributed by atoms with Gasteiger partial charge in [0.25, 0.3) is 0 Å².